The molecule has 0 atom stereocenters. The lowest BCUT2D eigenvalue weighted by atomic mass is 10.3. The van der Waals surface area contributed by atoms with Crippen LogP contribution in [0.2, 0.25) is 0 Å². The molecule has 3 aromatic rings. The molecule has 0 spiro atoms. The molecule has 8 heteroatoms. The Hall–Kier alpha value is -2.84. The average Bonchev–Trinajstić information content (AvgIpc) is 2.68. The first-order valence-electron chi connectivity index (χ1n) is 8.68. The van der Waals surface area contributed by atoms with Gasteiger partial charge in [0, 0.05) is 9.79 Å². The van der Waals surface area contributed by atoms with Crippen molar-refractivity contribution in [2.45, 2.75) is 9.79 Å². The van der Waals surface area contributed by atoms with E-state index in [0.717, 1.165) is 26.4 Å². The Morgan fingerprint density at radius 3 is 2.28 bits per heavy atom. The van der Waals surface area contributed by atoms with Gasteiger partial charge in [-0.2, -0.15) is 0 Å². The fourth-order valence-corrected chi connectivity index (χ4v) is 4.41. The second-order valence-electron chi connectivity index (χ2n) is 6.18. The summed E-state index contributed by atoms with van der Waals surface area (Å²) in [5.41, 5.74) is 0.380. The number of rotatable bonds is 7. The van der Waals surface area contributed by atoms with Gasteiger partial charge in [0.1, 0.15) is 12.4 Å². The molecule has 0 fully saturated rings. The van der Waals surface area contributed by atoms with Gasteiger partial charge in [-0.15, -0.1) is 0 Å². The summed E-state index contributed by atoms with van der Waals surface area (Å²) in [6.45, 7) is -0.538. The monoisotopic (exact) mass is 430 g/mol. The molecule has 150 valence electrons. The topological polar surface area (TPSA) is 66.5 Å². The number of halogens is 1. The molecule has 0 saturated heterocycles. The summed E-state index contributed by atoms with van der Waals surface area (Å²) >= 11 is 1.47. The van der Waals surface area contributed by atoms with Crippen LogP contribution in [0.5, 0.6) is 0 Å². The number of carbonyl (C=O) groups is 1. The van der Waals surface area contributed by atoms with Gasteiger partial charge in [-0.3, -0.25) is 9.10 Å². The number of hydrogen-bond donors (Lipinski definition) is 1. The zero-order valence-electron chi connectivity index (χ0n) is 15.6. The van der Waals surface area contributed by atoms with E-state index in [1.807, 2.05) is 42.5 Å². The van der Waals surface area contributed by atoms with E-state index < -0.39 is 28.3 Å². The van der Waals surface area contributed by atoms with Gasteiger partial charge in [-0.05, 0) is 36.4 Å². The minimum Gasteiger partial charge on any atom is -0.323 e. The number of para-hydroxylation sites is 2. The number of sulfonamides is 1. The maximum Gasteiger partial charge on any atom is 0.245 e. The standard InChI is InChI=1S/C21H19FN2O3S2/c1-29(26,27)24(19-13-7-5-11-17(19)22)15-21(25)23-18-12-6-8-14-20(18)28-16-9-3-2-4-10-16/h2-14H,15H2,1H3,(H,23,25). The van der Waals surface area contributed by atoms with Crippen LogP contribution in [-0.2, 0) is 14.8 Å². The second-order valence-corrected chi connectivity index (χ2v) is 9.20. The Morgan fingerprint density at radius 2 is 1.59 bits per heavy atom. The summed E-state index contributed by atoms with van der Waals surface area (Å²) in [4.78, 5) is 14.4. The predicted molar refractivity (Wildman–Crippen MR) is 114 cm³/mol. The highest BCUT2D eigenvalue weighted by Gasteiger charge is 2.23. The summed E-state index contributed by atoms with van der Waals surface area (Å²) in [6.07, 6.45) is 0.936. The third kappa shape index (κ3) is 5.58. The Balaban J connectivity index is 1.80. The number of carbonyl (C=O) groups excluding carboxylic acids is 1. The Morgan fingerprint density at radius 1 is 0.966 bits per heavy atom. The van der Waals surface area contributed by atoms with Crippen molar-refractivity contribution in [1.29, 1.82) is 0 Å². The fourth-order valence-electron chi connectivity index (χ4n) is 2.63. The summed E-state index contributed by atoms with van der Waals surface area (Å²) in [5.74, 6) is -1.29. The molecule has 0 radical (unpaired) electrons. The van der Waals surface area contributed by atoms with Gasteiger partial charge in [0.2, 0.25) is 15.9 Å². The predicted octanol–water partition coefficient (Wildman–Crippen LogP) is 4.38. The van der Waals surface area contributed by atoms with Crippen LogP contribution < -0.4 is 9.62 Å². The van der Waals surface area contributed by atoms with Gasteiger partial charge in [0.15, 0.2) is 0 Å². The molecule has 0 aliphatic carbocycles. The van der Waals surface area contributed by atoms with Crippen LogP contribution in [0.1, 0.15) is 0 Å². The quantitative estimate of drug-likeness (QED) is 0.604. The van der Waals surface area contributed by atoms with Crippen molar-refractivity contribution in [3.8, 4) is 0 Å². The average molecular weight is 431 g/mol. The van der Waals surface area contributed by atoms with Crippen LogP contribution in [0.15, 0.2) is 88.7 Å². The zero-order valence-corrected chi connectivity index (χ0v) is 17.2. The first kappa shape index (κ1) is 20.9. The molecule has 3 rings (SSSR count). The number of hydrogen-bond acceptors (Lipinski definition) is 4. The van der Waals surface area contributed by atoms with Crippen molar-refractivity contribution < 1.29 is 17.6 Å². The van der Waals surface area contributed by atoms with E-state index >= 15 is 0 Å². The Labute approximate surface area is 173 Å². The molecule has 5 nitrogen and oxygen atoms in total. The lowest BCUT2D eigenvalue weighted by molar-refractivity contribution is -0.114. The molecule has 0 aliphatic rings. The molecule has 29 heavy (non-hydrogen) atoms. The normalized spacial score (nSPS) is 11.1. The Bertz CT molecular complexity index is 1110. The largest absolute Gasteiger partial charge is 0.323 e. The van der Waals surface area contributed by atoms with Crippen molar-refractivity contribution in [3.63, 3.8) is 0 Å². The van der Waals surface area contributed by atoms with Crippen molar-refractivity contribution in [2.75, 3.05) is 22.4 Å². The van der Waals surface area contributed by atoms with E-state index in [9.17, 15) is 17.6 Å². The van der Waals surface area contributed by atoms with Gasteiger partial charge in [-0.1, -0.05) is 54.2 Å². The maximum absolute atomic E-state index is 14.1. The molecule has 1 amide bonds. The summed E-state index contributed by atoms with van der Waals surface area (Å²) in [6, 6.07) is 22.3. The van der Waals surface area contributed by atoms with Crippen molar-refractivity contribution >= 4 is 39.1 Å². The van der Waals surface area contributed by atoms with E-state index in [0.29, 0.717) is 5.69 Å². The second kappa shape index (κ2) is 9.11. The van der Waals surface area contributed by atoms with E-state index in [4.69, 9.17) is 0 Å². The van der Waals surface area contributed by atoms with Gasteiger partial charge < -0.3 is 5.32 Å². The van der Waals surface area contributed by atoms with E-state index in [1.54, 1.807) is 12.1 Å². The van der Waals surface area contributed by atoms with Crippen LogP contribution in [0.4, 0.5) is 15.8 Å². The van der Waals surface area contributed by atoms with Crippen molar-refractivity contribution in [2.24, 2.45) is 0 Å². The van der Waals surface area contributed by atoms with E-state index in [1.165, 1.54) is 30.0 Å². The first-order valence-corrected chi connectivity index (χ1v) is 11.3. The van der Waals surface area contributed by atoms with E-state index in [-0.39, 0.29) is 5.69 Å². The molecule has 0 unspecified atom stereocenters. The van der Waals surface area contributed by atoms with Crippen LogP contribution in [0.3, 0.4) is 0 Å². The van der Waals surface area contributed by atoms with Gasteiger partial charge in [-0.25, -0.2) is 12.8 Å². The number of amides is 1. The van der Waals surface area contributed by atoms with E-state index in [2.05, 4.69) is 5.32 Å². The molecule has 0 bridgehead atoms. The smallest absolute Gasteiger partial charge is 0.245 e. The number of nitrogens with one attached hydrogen (secondary N) is 1. The van der Waals surface area contributed by atoms with Crippen LogP contribution in [0, 0.1) is 5.82 Å². The number of nitrogens with zero attached hydrogens (tertiary/aromatic N) is 1. The fraction of sp³-hybridized carbons (Fsp3) is 0.0952. The molecular weight excluding hydrogens is 411 g/mol. The molecule has 0 saturated carbocycles. The SMILES string of the molecule is CS(=O)(=O)N(CC(=O)Nc1ccccc1Sc1ccccc1)c1ccccc1F. The summed E-state index contributed by atoms with van der Waals surface area (Å²) in [5, 5.41) is 2.73. The highest BCUT2D eigenvalue weighted by molar-refractivity contribution is 7.99. The van der Waals surface area contributed by atoms with Crippen LogP contribution in [0.25, 0.3) is 0 Å². The molecule has 0 heterocycles. The van der Waals surface area contributed by atoms with Crippen LogP contribution >= 0.6 is 11.8 Å². The van der Waals surface area contributed by atoms with Crippen molar-refractivity contribution in [1.82, 2.24) is 0 Å². The third-order valence-corrected chi connectivity index (χ3v) is 6.15. The first-order chi connectivity index (χ1) is 13.8. The molecule has 1 N–H and O–H groups in total. The minimum atomic E-state index is -3.86. The lowest BCUT2D eigenvalue weighted by Crippen LogP contribution is -2.38. The highest BCUT2D eigenvalue weighted by atomic mass is 32.2. The Kier molecular flexibility index (Phi) is 6.56. The molecule has 0 aliphatic heterocycles. The zero-order chi connectivity index (χ0) is 20.9. The highest BCUT2D eigenvalue weighted by Crippen LogP contribution is 2.33. The minimum absolute atomic E-state index is 0.169. The molecule has 3 aromatic carbocycles. The third-order valence-electron chi connectivity index (χ3n) is 3.94. The number of anilines is 2. The molecule has 0 aromatic heterocycles. The lowest BCUT2D eigenvalue weighted by Gasteiger charge is -2.22. The van der Waals surface area contributed by atoms with Gasteiger partial charge >= 0.3 is 0 Å². The summed E-state index contributed by atoms with van der Waals surface area (Å²) < 4.78 is 39.2. The van der Waals surface area contributed by atoms with Crippen LogP contribution in [-0.4, -0.2) is 27.1 Å². The van der Waals surface area contributed by atoms with Gasteiger partial charge in [0.05, 0.1) is 17.6 Å². The van der Waals surface area contributed by atoms with Crippen molar-refractivity contribution in [3.05, 3.63) is 84.7 Å². The van der Waals surface area contributed by atoms with Gasteiger partial charge in [0.25, 0.3) is 0 Å². The maximum atomic E-state index is 14.1. The number of benzene rings is 3. The molecular formula is C21H19FN2O3S2. The summed E-state index contributed by atoms with van der Waals surface area (Å²) in [7, 11) is -3.86.